The van der Waals surface area contributed by atoms with Crippen LogP contribution in [0.5, 0.6) is 0 Å². The molecule has 0 amide bonds. The number of nitrogens with zero attached hydrogens (tertiary/aromatic N) is 1. The molecule has 0 saturated carbocycles. The summed E-state index contributed by atoms with van der Waals surface area (Å²) < 4.78 is 49.5. The molecule has 1 heterocycles. The van der Waals surface area contributed by atoms with Gasteiger partial charge in [-0.3, -0.25) is 0 Å². The molecule has 0 aliphatic rings. The van der Waals surface area contributed by atoms with Crippen molar-refractivity contribution in [2.24, 2.45) is 0 Å². The molecule has 0 unspecified atom stereocenters. The molecule has 2 nitrogen and oxygen atoms in total. The van der Waals surface area contributed by atoms with Crippen molar-refractivity contribution in [3.63, 3.8) is 0 Å². The molecule has 0 aliphatic carbocycles. The Morgan fingerprint density at radius 2 is 1.12 bits per heavy atom. The Morgan fingerprint density at radius 1 is 0.440 bits per heavy atom. The molecule has 50 heavy (non-hydrogen) atoms. The van der Waals surface area contributed by atoms with Gasteiger partial charge in [0.1, 0.15) is 11.2 Å². The molecule has 0 N–H and O–H groups in total. The number of benzene rings is 9. The standard InChI is InChI=1S/C48H31NO/c1-3-12-32(13-4-1)33-24-26-37(27-25-33)49(38-28-29-40-36(30-38)23-22-35-16-7-8-17-39(35)40)45-31-44-47-41(34-14-5-2-6-15-34)20-11-21-46(47)50-48(44)43-19-10-9-18-42(43)45/h1-31H/i2D,5D,6D,14D,15D. The summed E-state index contributed by atoms with van der Waals surface area (Å²) in [6.07, 6.45) is 0. The van der Waals surface area contributed by atoms with E-state index in [0.29, 0.717) is 22.1 Å². The summed E-state index contributed by atoms with van der Waals surface area (Å²) in [6.45, 7) is 0. The minimum Gasteiger partial charge on any atom is -0.455 e. The van der Waals surface area contributed by atoms with Gasteiger partial charge in [0.2, 0.25) is 0 Å². The van der Waals surface area contributed by atoms with Crippen LogP contribution in [0.3, 0.4) is 0 Å². The SMILES string of the molecule is [2H]c1c([2H])c([2H])c(-c2cccc3oc4c5ccccc5c(N(c5ccc(-c6ccccc6)cc5)c5ccc6c(ccc7ccccc76)c5)cc4c23)c([2H])c1[2H]. The van der Waals surface area contributed by atoms with Crippen molar-refractivity contribution < 1.29 is 11.3 Å². The van der Waals surface area contributed by atoms with Crippen LogP contribution in [-0.2, 0) is 0 Å². The van der Waals surface area contributed by atoms with E-state index in [-0.39, 0.29) is 29.7 Å². The zero-order valence-electron chi connectivity index (χ0n) is 31.9. The molecule has 0 spiro atoms. The predicted octanol–water partition coefficient (Wildman–Crippen LogP) is 13.8. The monoisotopic (exact) mass is 642 g/mol. The Labute approximate surface area is 297 Å². The molecule has 0 bridgehead atoms. The van der Waals surface area contributed by atoms with Gasteiger partial charge in [-0.2, -0.15) is 0 Å². The fourth-order valence-electron chi connectivity index (χ4n) is 7.41. The Kier molecular flexibility index (Phi) is 5.44. The molecule has 0 aliphatic heterocycles. The van der Waals surface area contributed by atoms with E-state index >= 15 is 0 Å². The summed E-state index contributed by atoms with van der Waals surface area (Å²) in [5.74, 6) is 0. The van der Waals surface area contributed by atoms with E-state index in [1.165, 1.54) is 16.2 Å². The van der Waals surface area contributed by atoms with Gasteiger partial charge in [0.25, 0.3) is 0 Å². The lowest BCUT2D eigenvalue weighted by Gasteiger charge is -2.28. The van der Waals surface area contributed by atoms with Gasteiger partial charge in [-0.1, -0.05) is 152 Å². The highest BCUT2D eigenvalue weighted by molar-refractivity contribution is 6.22. The molecule has 10 aromatic rings. The van der Waals surface area contributed by atoms with Crippen LogP contribution in [0.2, 0.25) is 0 Å². The Morgan fingerprint density at radius 3 is 1.96 bits per heavy atom. The van der Waals surface area contributed by atoms with Crippen LogP contribution < -0.4 is 4.90 Å². The molecule has 1 aromatic heterocycles. The lowest BCUT2D eigenvalue weighted by molar-refractivity contribution is 0.673. The van der Waals surface area contributed by atoms with Crippen molar-refractivity contribution in [1.29, 1.82) is 0 Å². The molecule has 10 rings (SSSR count). The molecular weight excluding hydrogens is 607 g/mol. The maximum Gasteiger partial charge on any atom is 0.143 e. The highest BCUT2D eigenvalue weighted by Gasteiger charge is 2.22. The van der Waals surface area contributed by atoms with Crippen molar-refractivity contribution in [1.82, 2.24) is 0 Å². The van der Waals surface area contributed by atoms with Gasteiger partial charge < -0.3 is 9.32 Å². The largest absolute Gasteiger partial charge is 0.455 e. The maximum atomic E-state index is 8.86. The lowest BCUT2D eigenvalue weighted by atomic mass is 9.96. The zero-order chi connectivity index (χ0) is 37.4. The molecule has 234 valence electrons. The highest BCUT2D eigenvalue weighted by Crippen LogP contribution is 2.47. The maximum absolute atomic E-state index is 8.86. The first-order chi connectivity index (χ1) is 26.9. The second kappa shape index (κ2) is 11.5. The van der Waals surface area contributed by atoms with E-state index < -0.39 is 6.04 Å². The smallest absolute Gasteiger partial charge is 0.143 e. The minimum atomic E-state index is -0.423. The van der Waals surface area contributed by atoms with Gasteiger partial charge in [0, 0.05) is 32.9 Å². The zero-order valence-corrected chi connectivity index (χ0v) is 26.9. The van der Waals surface area contributed by atoms with Crippen LogP contribution in [-0.4, -0.2) is 0 Å². The van der Waals surface area contributed by atoms with Gasteiger partial charge in [0.15, 0.2) is 0 Å². The topological polar surface area (TPSA) is 16.4 Å². The number of furan rings is 1. The van der Waals surface area contributed by atoms with E-state index in [1.807, 2.05) is 48.5 Å². The van der Waals surface area contributed by atoms with Crippen LogP contribution in [0.15, 0.2) is 192 Å². The van der Waals surface area contributed by atoms with E-state index in [9.17, 15) is 0 Å². The summed E-state index contributed by atoms with van der Waals surface area (Å²) in [5.41, 5.74) is 6.98. The summed E-state index contributed by atoms with van der Waals surface area (Å²) in [4.78, 5) is 2.27. The third-order valence-corrected chi connectivity index (χ3v) is 9.71. The number of hydrogen-bond acceptors (Lipinski definition) is 2. The van der Waals surface area contributed by atoms with E-state index in [2.05, 4.69) is 114 Å². The molecule has 2 heteroatoms. The van der Waals surface area contributed by atoms with Gasteiger partial charge in [0.05, 0.1) is 12.5 Å². The number of anilines is 3. The average Bonchev–Trinajstić information content (AvgIpc) is 3.62. The number of rotatable bonds is 5. The second-order valence-corrected chi connectivity index (χ2v) is 12.5. The molecule has 0 fully saturated rings. The van der Waals surface area contributed by atoms with E-state index in [4.69, 9.17) is 11.3 Å². The third kappa shape index (κ3) is 4.57. The predicted molar refractivity (Wildman–Crippen MR) is 212 cm³/mol. The third-order valence-electron chi connectivity index (χ3n) is 9.71. The summed E-state index contributed by atoms with van der Waals surface area (Å²) in [5, 5.41) is 8.02. The van der Waals surface area contributed by atoms with Crippen LogP contribution in [0.25, 0.3) is 76.5 Å². The van der Waals surface area contributed by atoms with Gasteiger partial charge in [-0.05, 0) is 80.2 Å². The van der Waals surface area contributed by atoms with E-state index in [1.54, 1.807) is 0 Å². The molecule has 0 radical (unpaired) electrons. The Balaban J connectivity index is 1.27. The van der Waals surface area contributed by atoms with Crippen LogP contribution in [0.1, 0.15) is 6.85 Å². The fraction of sp³-hybridized carbons (Fsp3) is 0. The minimum absolute atomic E-state index is 0.143. The van der Waals surface area contributed by atoms with Crippen molar-refractivity contribution in [3.8, 4) is 22.3 Å². The average molecular weight is 643 g/mol. The summed E-state index contributed by atoms with van der Waals surface area (Å²) in [6, 6.07) is 52.4. The van der Waals surface area contributed by atoms with Gasteiger partial charge in [-0.25, -0.2) is 0 Å². The number of fused-ring (bicyclic) bond motifs is 8. The van der Waals surface area contributed by atoms with Crippen LogP contribution in [0, 0.1) is 0 Å². The summed E-state index contributed by atoms with van der Waals surface area (Å²) >= 11 is 0. The molecular formula is C48H31NO. The van der Waals surface area contributed by atoms with Gasteiger partial charge >= 0.3 is 0 Å². The van der Waals surface area contributed by atoms with Crippen LogP contribution >= 0.6 is 0 Å². The van der Waals surface area contributed by atoms with Gasteiger partial charge in [-0.15, -0.1) is 0 Å². The normalized spacial score (nSPS) is 13.0. The summed E-state index contributed by atoms with van der Waals surface area (Å²) in [7, 11) is 0. The van der Waals surface area contributed by atoms with Crippen molar-refractivity contribution >= 4 is 71.3 Å². The Bertz CT molecular complexity index is 3130. The number of hydrogen-bond donors (Lipinski definition) is 0. The lowest BCUT2D eigenvalue weighted by Crippen LogP contribution is -2.10. The molecule has 9 aromatic carbocycles. The first-order valence-electron chi connectivity index (χ1n) is 19.2. The molecule has 0 atom stereocenters. The van der Waals surface area contributed by atoms with E-state index in [0.717, 1.165) is 49.7 Å². The van der Waals surface area contributed by atoms with Crippen molar-refractivity contribution in [2.75, 3.05) is 4.90 Å². The van der Waals surface area contributed by atoms with Crippen LogP contribution in [0.4, 0.5) is 17.1 Å². The highest BCUT2D eigenvalue weighted by atomic mass is 16.3. The quantitative estimate of drug-likeness (QED) is 0.174. The van der Waals surface area contributed by atoms with Crippen molar-refractivity contribution in [3.05, 3.63) is 188 Å². The molecule has 0 saturated heterocycles. The first kappa shape index (κ1) is 23.6. The van der Waals surface area contributed by atoms with Crippen molar-refractivity contribution in [2.45, 2.75) is 0 Å². The fourth-order valence-corrected chi connectivity index (χ4v) is 7.41. The first-order valence-corrected chi connectivity index (χ1v) is 16.7. The second-order valence-electron chi connectivity index (χ2n) is 12.5. The Hall–Kier alpha value is -6.64.